The fourth-order valence-electron chi connectivity index (χ4n) is 1.59. The molecule has 1 amide bonds. The number of nitrogens with zero attached hydrogens (tertiary/aromatic N) is 1. The minimum absolute atomic E-state index is 0.0491. The van der Waals surface area contributed by atoms with Gasteiger partial charge in [0.1, 0.15) is 0 Å². The second kappa shape index (κ2) is 6.54. The van der Waals surface area contributed by atoms with Crippen molar-refractivity contribution in [1.29, 1.82) is 0 Å². The molecule has 0 saturated heterocycles. The van der Waals surface area contributed by atoms with E-state index in [4.69, 9.17) is 4.74 Å². The van der Waals surface area contributed by atoms with E-state index < -0.39 is 0 Å². The number of carbonyl (C=O) groups excluding carboxylic acids is 1. The van der Waals surface area contributed by atoms with E-state index >= 15 is 0 Å². The van der Waals surface area contributed by atoms with Gasteiger partial charge >= 0.3 is 0 Å². The average molecular weight is 256 g/mol. The highest BCUT2D eigenvalue weighted by Crippen LogP contribution is 2.10. The van der Waals surface area contributed by atoms with E-state index in [1.807, 2.05) is 30.3 Å². The predicted octanol–water partition coefficient (Wildman–Crippen LogP) is 2.66. The number of benzene rings is 1. The van der Waals surface area contributed by atoms with E-state index in [9.17, 15) is 4.79 Å². The summed E-state index contributed by atoms with van der Waals surface area (Å²) in [5.41, 5.74) is 2.01. The molecule has 4 heteroatoms. The summed E-state index contributed by atoms with van der Waals surface area (Å²) >= 11 is 0. The molecule has 0 aliphatic heterocycles. The Kier molecular flexibility index (Phi) is 4.50. The lowest BCUT2D eigenvalue weighted by molar-refractivity contribution is -0.118. The number of amides is 1. The summed E-state index contributed by atoms with van der Waals surface area (Å²) in [7, 11) is 0. The van der Waals surface area contributed by atoms with Gasteiger partial charge < -0.3 is 10.1 Å². The maximum Gasteiger partial charge on any atom is 0.262 e. The molecule has 1 aromatic carbocycles. The predicted molar refractivity (Wildman–Crippen MR) is 74.2 cm³/mol. The van der Waals surface area contributed by atoms with Gasteiger partial charge in [-0.25, -0.2) is 4.98 Å². The van der Waals surface area contributed by atoms with Crippen LogP contribution in [0, 0.1) is 0 Å². The van der Waals surface area contributed by atoms with Crippen molar-refractivity contribution in [2.24, 2.45) is 0 Å². The average Bonchev–Trinajstić information content (AvgIpc) is 2.47. The number of hydrogen-bond donors (Lipinski definition) is 1. The van der Waals surface area contributed by atoms with Crippen LogP contribution in [0.5, 0.6) is 5.88 Å². The van der Waals surface area contributed by atoms with Gasteiger partial charge in [0.25, 0.3) is 5.91 Å². The number of pyridine rings is 1. The maximum absolute atomic E-state index is 11.7. The molecule has 0 unspecified atom stereocenters. The first-order chi connectivity index (χ1) is 9.28. The largest absolute Gasteiger partial charge is 0.468 e. The van der Waals surface area contributed by atoms with Crippen molar-refractivity contribution in [2.75, 3.05) is 11.9 Å². The topological polar surface area (TPSA) is 51.2 Å². The molecule has 0 saturated carbocycles. The third-order valence-corrected chi connectivity index (χ3v) is 2.63. The number of carbonyl (C=O) groups is 1. The third kappa shape index (κ3) is 4.10. The Labute approximate surface area is 112 Å². The number of ether oxygens (including phenoxy) is 1. The Balaban J connectivity index is 1.83. The summed E-state index contributed by atoms with van der Waals surface area (Å²) in [6.45, 7) is 2.04. The lowest BCUT2D eigenvalue weighted by Gasteiger charge is -2.07. The summed E-state index contributed by atoms with van der Waals surface area (Å²) in [4.78, 5) is 15.7. The van der Waals surface area contributed by atoms with Crippen molar-refractivity contribution in [3.8, 4) is 5.88 Å². The molecule has 19 heavy (non-hydrogen) atoms. The first kappa shape index (κ1) is 13.1. The number of anilines is 1. The van der Waals surface area contributed by atoms with Crippen LogP contribution < -0.4 is 10.1 Å². The molecule has 0 bridgehead atoms. The van der Waals surface area contributed by atoms with Crippen molar-refractivity contribution < 1.29 is 9.53 Å². The maximum atomic E-state index is 11.7. The minimum atomic E-state index is -0.199. The van der Waals surface area contributed by atoms with E-state index in [0.717, 1.165) is 12.1 Å². The molecule has 1 aromatic heterocycles. The molecule has 0 atom stereocenters. The molecule has 1 N–H and O–H groups in total. The highest BCUT2D eigenvalue weighted by atomic mass is 16.5. The van der Waals surface area contributed by atoms with Crippen molar-refractivity contribution >= 4 is 11.6 Å². The number of rotatable bonds is 5. The molecule has 0 radical (unpaired) electrons. The van der Waals surface area contributed by atoms with E-state index in [-0.39, 0.29) is 12.5 Å². The Morgan fingerprint density at radius 2 is 2.00 bits per heavy atom. The molecule has 0 fully saturated rings. The Bertz CT molecular complexity index is 524. The SMILES string of the molecule is CCc1ccc(NC(=O)COc2ccccn2)cc1. The second-order valence-corrected chi connectivity index (χ2v) is 4.06. The van der Waals surface area contributed by atoms with Gasteiger partial charge in [-0.2, -0.15) is 0 Å². The highest BCUT2D eigenvalue weighted by molar-refractivity contribution is 5.91. The Morgan fingerprint density at radius 1 is 1.21 bits per heavy atom. The van der Waals surface area contributed by atoms with Gasteiger partial charge in [-0.05, 0) is 30.2 Å². The van der Waals surface area contributed by atoms with E-state index in [0.29, 0.717) is 5.88 Å². The van der Waals surface area contributed by atoms with Gasteiger partial charge in [0.05, 0.1) is 0 Å². The van der Waals surface area contributed by atoms with Crippen molar-refractivity contribution in [2.45, 2.75) is 13.3 Å². The number of aromatic nitrogens is 1. The molecule has 0 aliphatic carbocycles. The third-order valence-electron chi connectivity index (χ3n) is 2.63. The highest BCUT2D eigenvalue weighted by Gasteiger charge is 2.03. The number of aryl methyl sites for hydroxylation is 1. The fraction of sp³-hybridized carbons (Fsp3) is 0.200. The van der Waals surface area contributed by atoms with Crippen LogP contribution in [-0.2, 0) is 11.2 Å². The van der Waals surface area contributed by atoms with Gasteiger partial charge in [-0.15, -0.1) is 0 Å². The van der Waals surface area contributed by atoms with Gasteiger partial charge in [-0.3, -0.25) is 4.79 Å². The van der Waals surface area contributed by atoms with Crippen LogP contribution >= 0.6 is 0 Å². The quantitative estimate of drug-likeness (QED) is 0.894. The first-order valence-electron chi connectivity index (χ1n) is 6.20. The normalized spacial score (nSPS) is 9.95. The van der Waals surface area contributed by atoms with Crippen LogP contribution in [0.3, 0.4) is 0 Å². The van der Waals surface area contributed by atoms with Crippen LogP contribution in [-0.4, -0.2) is 17.5 Å². The Hall–Kier alpha value is -2.36. The lowest BCUT2D eigenvalue weighted by atomic mass is 10.1. The molecule has 4 nitrogen and oxygen atoms in total. The summed E-state index contributed by atoms with van der Waals surface area (Å²) in [6.07, 6.45) is 2.60. The van der Waals surface area contributed by atoms with Gasteiger partial charge in [0, 0.05) is 18.0 Å². The lowest BCUT2D eigenvalue weighted by Crippen LogP contribution is -2.20. The van der Waals surface area contributed by atoms with Crippen LogP contribution in [0.2, 0.25) is 0 Å². The molecule has 1 heterocycles. The second-order valence-electron chi connectivity index (χ2n) is 4.06. The molecular weight excluding hydrogens is 240 g/mol. The monoisotopic (exact) mass is 256 g/mol. The van der Waals surface area contributed by atoms with Crippen LogP contribution in [0.4, 0.5) is 5.69 Å². The summed E-state index contributed by atoms with van der Waals surface area (Å²) in [5.74, 6) is 0.244. The zero-order chi connectivity index (χ0) is 13.5. The van der Waals surface area contributed by atoms with E-state index in [1.54, 1.807) is 18.3 Å². The molecule has 2 aromatic rings. The zero-order valence-corrected chi connectivity index (χ0v) is 10.8. The van der Waals surface area contributed by atoms with Crippen molar-refractivity contribution in [3.63, 3.8) is 0 Å². The molecule has 0 aliphatic rings. The summed E-state index contributed by atoms with van der Waals surface area (Å²) in [6, 6.07) is 13.1. The van der Waals surface area contributed by atoms with Crippen molar-refractivity contribution in [3.05, 3.63) is 54.2 Å². The van der Waals surface area contributed by atoms with Crippen LogP contribution in [0.15, 0.2) is 48.7 Å². The standard InChI is InChI=1S/C15H16N2O2/c1-2-12-6-8-13(9-7-12)17-14(18)11-19-15-5-3-4-10-16-15/h3-10H,2,11H2,1H3,(H,17,18). The zero-order valence-electron chi connectivity index (χ0n) is 10.8. The smallest absolute Gasteiger partial charge is 0.262 e. The van der Waals surface area contributed by atoms with Crippen molar-refractivity contribution in [1.82, 2.24) is 4.98 Å². The number of nitrogens with one attached hydrogen (secondary N) is 1. The molecule has 2 rings (SSSR count). The van der Waals surface area contributed by atoms with Gasteiger partial charge in [0.2, 0.25) is 5.88 Å². The molecular formula is C15H16N2O2. The van der Waals surface area contributed by atoms with Crippen LogP contribution in [0.1, 0.15) is 12.5 Å². The van der Waals surface area contributed by atoms with Gasteiger partial charge in [0.15, 0.2) is 6.61 Å². The Morgan fingerprint density at radius 3 is 2.63 bits per heavy atom. The molecule has 98 valence electrons. The van der Waals surface area contributed by atoms with Gasteiger partial charge in [-0.1, -0.05) is 25.1 Å². The van der Waals surface area contributed by atoms with E-state index in [1.165, 1.54) is 5.56 Å². The minimum Gasteiger partial charge on any atom is -0.468 e. The fourth-order valence-corrected chi connectivity index (χ4v) is 1.59. The van der Waals surface area contributed by atoms with E-state index in [2.05, 4.69) is 17.2 Å². The number of hydrogen-bond acceptors (Lipinski definition) is 3. The summed E-state index contributed by atoms with van der Waals surface area (Å²) < 4.78 is 5.26. The van der Waals surface area contributed by atoms with Crippen LogP contribution in [0.25, 0.3) is 0 Å². The molecule has 0 spiro atoms. The first-order valence-corrected chi connectivity index (χ1v) is 6.20. The summed E-state index contributed by atoms with van der Waals surface area (Å²) in [5, 5.41) is 2.77.